The SMILES string of the molecule is CCNC(=NCc1ccc(S(=O)(=O)N2CCCCC2)s1)NCCCOC. The summed E-state index contributed by atoms with van der Waals surface area (Å²) < 4.78 is 32.5. The Bertz CT molecular complexity index is 667. The fourth-order valence-electron chi connectivity index (χ4n) is 2.74. The standard InChI is InChI=1S/C17H30N4O3S2/c1-3-18-17(19-10-7-13-24-2)20-14-15-8-9-16(25-15)26(22,23)21-11-5-4-6-12-21/h8-9H,3-7,10-14H2,1-2H3,(H2,18,19,20). The molecule has 7 nitrogen and oxygen atoms in total. The Morgan fingerprint density at radius 1 is 1.27 bits per heavy atom. The van der Waals surface area contributed by atoms with Crippen LogP contribution in [-0.2, 0) is 21.3 Å². The molecule has 0 atom stereocenters. The van der Waals surface area contributed by atoms with Crippen LogP contribution in [0, 0.1) is 0 Å². The largest absolute Gasteiger partial charge is 0.385 e. The first-order chi connectivity index (χ1) is 12.6. The Hall–Kier alpha value is -1.16. The third-order valence-electron chi connectivity index (χ3n) is 4.10. The lowest BCUT2D eigenvalue weighted by Crippen LogP contribution is -2.38. The molecule has 0 aliphatic carbocycles. The molecule has 1 aromatic heterocycles. The summed E-state index contributed by atoms with van der Waals surface area (Å²) in [5.41, 5.74) is 0. The normalized spacial score (nSPS) is 16.6. The van der Waals surface area contributed by atoms with Crippen LogP contribution in [0.3, 0.4) is 0 Å². The van der Waals surface area contributed by atoms with Gasteiger partial charge in [-0.15, -0.1) is 11.3 Å². The highest BCUT2D eigenvalue weighted by Gasteiger charge is 2.27. The smallest absolute Gasteiger partial charge is 0.252 e. The maximum absolute atomic E-state index is 12.7. The molecule has 0 saturated carbocycles. The summed E-state index contributed by atoms with van der Waals surface area (Å²) >= 11 is 1.31. The minimum atomic E-state index is -3.35. The van der Waals surface area contributed by atoms with Gasteiger partial charge in [-0.2, -0.15) is 4.31 Å². The van der Waals surface area contributed by atoms with Gasteiger partial charge in [0.1, 0.15) is 4.21 Å². The highest BCUT2D eigenvalue weighted by atomic mass is 32.2. The van der Waals surface area contributed by atoms with Crippen LogP contribution in [0.2, 0.25) is 0 Å². The molecular weight excluding hydrogens is 372 g/mol. The summed E-state index contributed by atoms with van der Waals surface area (Å²) in [4.78, 5) is 5.48. The van der Waals surface area contributed by atoms with Gasteiger partial charge in [0.05, 0.1) is 6.54 Å². The van der Waals surface area contributed by atoms with Crippen molar-refractivity contribution in [3.8, 4) is 0 Å². The first-order valence-corrected chi connectivity index (χ1v) is 11.4. The Kier molecular flexibility index (Phi) is 8.83. The maximum atomic E-state index is 12.7. The molecule has 1 aliphatic rings. The topological polar surface area (TPSA) is 83.0 Å². The Balaban J connectivity index is 1.96. The predicted octanol–water partition coefficient (Wildman–Crippen LogP) is 2.01. The lowest BCUT2D eigenvalue weighted by molar-refractivity contribution is 0.195. The van der Waals surface area contributed by atoms with E-state index in [1.807, 2.05) is 13.0 Å². The van der Waals surface area contributed by atoms with Gasteiger partial charge in [-0.05, 0) is 38.3 Å². The lowest BCUT2D eigenvalue weighted by Gasteiger charge is -2.25. The van der Waals surface area contributed by atoms with E-state index in [-0.39, 0.29) is 0 Å². The molecule has 0 radical (unpaired) electrons. The van der Waals surface area contributed by atoms with Gasteiger partial charge in [0.2, 0.25) is 0 Å². The molecule has 148 valence electrons. The summed E-state index contributed by atoms with van der Waals surface area (Å²) in [6.07, 6.45) is 3.91. The van der Waals surface area contributed by atoms with E-state index >= 15 is 0 Å². The molecule has 2 N–H and O–H groups in total. The number of aliphatic imine (C=N–C) groups is 1. The van der Waals surface area contributed by atoms with Crippen LogP contribution < -0.4 is 10.6 Å². The van der Waals surface area contributed by atoms with E-state index < -0.39 is 10.0 Å². The van der Waals surface area contributed by atoms with E-state index in [4.69, 9.17) is 4.74 Å². The van der Waals surface area contributed by atoms with Crippen molar-refractivity contribution in [2.24, 2.45) is 4.99 Å². The number of sulfonamides is 1. The van der Waals surface area contributed by atoms with Gasteiger partial charge in [0.25, 0.3) is 10.0 Å². The molecule has 0 bridgehead atoms. The highest BCUT2D eigenvalue weighted by molar-refractivity contribution is 7.91. The molecule has 2 rings (SSSR count). The van der Waals surface area contributed by atoms with Crippen LogP contribution in [0.25, 0.3) is 0 Å². The summed E-state index contributed by atoms with van der Waals surface area (Å²) in [5, 5.41) is 6.45. The zero-order valence-electron chi connectivity index (χ0n) is 15.7. The molecule has 1 saturated heterocycles. The average molecular weight is 403 g/mol. The number of rotatable bonds is 9. The van der Waals surface area contributed by atoms with Crippen LogP contribution in [0.4, 0.5) is 0 Å². The molecule has 9 heteroatoms. The summed E-state index contributed by atoms with van der Waals surface area (Å²) in [5.74, 6) is 0.734. The van der Waals surface area contributed by atoms with Crippen molar-refractivity contribution in [3.05, 3.63) is 17.0 Å². The number of nitrogens with one attached hydrogen (secondary N) is 2. The van der Waals surface area contributed by atoms with Crippen LogP contribution in [0.5, 0.6) is 0 Å². The summed E-state index contributed by atoms with van der Waals surface area (Å²) in [7, 11) is -1.67. The van der Waals surface area contributed by atoms with Gasteiger partial charge in [0.15, 0.2) is 5.96 Å². The number of guanidine groups is 1. The Morgan fingerprint density at radius 3 is 2.73 bits per heavy atom. The van der Waals surface area contributed by atoms with Crippen molar-refractivity contribution < 1.29 is 13.2 Å². The fraction of sp³-hybridized carbons (Fsp3) is 0.706. The zero-order valence-corrected chi connectivity index (χ0v) is 17.3. The van der Waals surface area contributed by atoms with Crippen LogP contribution >= 0.6 is 11.3 Å². The second kappa shape index (κ2) is 10.9. The third kappa shape index (κ3) is 6.22. The minimum absolute atomic E-state index is 0.419. The molecule has 0 aromatic carbocycles. The predicted molar refractivity (Wildman–Crippen MR) is 106 cm³/mol. The molecule has 0 unspecified atom stereocenters. The molecule has 1 aliphatic heterocycles. The van der Waals surface area contributed by atoms with Crippen molar-refractivity contribution in [1.82, 2.24) is 14.9 Å². The number of ether oxygens (including phenoxy) is 1. The molecule has 0 amide bonds. The van der Waals surface area contributed by atoms with E-state index in [9.17, 15) is 8.42 Å². The third-order valence-corrected chi connectivity index (χ3v) is 7.54. The van der Waals surface area contributed by atoms with Gasteiger partial charge < -0.3 is 15.4 Å². The van der Waals surface area contributed by atoms with Crippen molar-refractivity contribution in [2.75, 3.05) is 39.9 Å². The lowest BCUT2D eigenvalue weighted by atomic mass is 10.2. The minimum Gasteiger partial charge on any atom is -0.385 e. The van der Waals surface area contributed by atoms with Gasteiger partial charge in [-0.3, -0.25) is 0 Å². The van der Waals surface area contributed by atoms with Crippen molar-refractivity contribution in [1.29, 1.82) is 0 Å². The number of nitrogens with zero attached hydrogens (tertiary/aromatic N) is 2. The second-order valence-corrected chi connectivity index (χ2v) is 9.49. The first-order valence-electron chi connectivity index (χ1n) is 9.18. The van der Waals surface area contributed by atoms with Crippen molar-refractivity contribution >= 4 is 27.3 Å². The number of piperidine rings is 1. The fourth-order valence-corrected chi connectivity index (χ4v) is 5.69. The second-order valence-electron chi connectivity index (χ2n) is 6.15. The molecule has 26 heavy (non-hydrogen) atoms. The summed E-state index contributed by atoms with van der Waals surface area (Å²) in [6, 6.07) is 3.57. The first kappa shape index (κ1) is 21.1. The van der Waals surface area contributed by atoms with Gasteiger partial charge >= 0.3 is 0 Å². The molecule has 1 aromatic rings. The molecule has 2 heterocycles. The monoisotopic (exact) mass is 402 g/mol. The Morgan fingerprint density at radius 2 is 2.04 bits per heavy atom. The average Bonchev–Trinajstić information content (AvgIpc) is 3.14. The van der Waals surface area contributed by atoms with E-state index in [2.05, 4.69) is 15.6 Å². The number of thiophene rings is 1. The van der Waals surface area contributed by atoms with Crippen molar-refractivity contribution in [3.63, 3.8) is 0 Å². The van der Waals surface area contributed by atoms with Crippen molar-refractivity contribution in [2.45, 2.75) is 43.4 Å². The van der Waals surface area contributed by atoms with Crippen LogP contribution in [-0.4, -0.2) is 58.6 Å². The molecule has 1 fully saturated rings. The number of hydrogen-bond acceptors (Lipinski definition) is 5. The van der Waals surface area contributed by atoms with Gasteiger partial charge in [-0.25, -0.2) is 13.4 Å². The van der Waals surface area contributed by atoms with Crippen LogP contribution in [0.15, 0.2) is 21.3 Å². The van der Waals surface area contributed by atoms with E-state index in [0.717, 1.165) is 49.6 Å². The van der Waals surface area contributed by atoms with E-state index in [0.29, 0.717) is 30.5 Å². The van der Waals surface area contributed by atoms with Gasteiger partial charge in [-0.1, -0.05) is 6.42 Å². The quantitative estimate of drug-likeness (QED) is 0.375. The molecule has 0 spiro atoms. The zero-order chi connectivity index (χ0) is 18.8. The van der Waals surface area contributed by atoms with Gasteiger partial charge in [0, 0.05) is 44.8 Å². The number of hydrogen-bond donors (Lipinski definition) is 2. The number of methoxy groups -OCH3 is 1. The maximum Gasteiger partial charge on any atom is 0.252 e. The Labute approximate surface area is 160 Å². The summed E-state index contributed by atoms with van der Waals surface area (Å²) in [6.45, 7) is 5.98. The highest BCUT2D eigenvalue weighted by Crippen LogP contribution is 2.27. The van der Waals surface area contributed by atoms with E-state index in [1.54, 1.807) is 17.5 Å². The molecular formula is C17H30N4O3S2. The van der Waals surface area contributed by atoms with Crippen LogP contribution in [0.1, 0.15) is 37.5 Å². The van der Waals surface area contributed by atoms with E-state index in [1.165, 1.54) is 11.3 Å².